The number of unbranched alkanes of at least 4 members (excludes halogenated alkanes) is 31. The van der Waals surface area contributed by atoms with Crippen molar-refractivity contribution in [3.63, 3.8) is 0 Å². The second-order valence-electron chi connectivity index (χ2n) is 18.5. The van der Waals surface area contributed by atoms with E-state index in [0.29, 0.717) is 19.3 Å². The zero-order chi connectivity index (χ0) is 46.5. The van der Waals surface area contributed by atoms with Crippen molar-refractivity contribution in [3.05, 3.63) is 48.6 Å². The van der Waals surface area contributed by atoms with Crippen molar-refractivity contribution < 1.29 is 28.6 Å². The van der Waals surface area contributed by atoms with E-state index in [4.69, 9.17) is 14.2 Å². The third-order valence-corrected chi connectivity index (χ3v) is 12.1. The average Bonchev–Trinajstić information content (AvgIpc) is 3.29. The predicted molar refractivity (Wildman–Crippen MR) is 275 cm³/mol. The van der Waals surface area contributed by atoms with Gasteiger partial charge >= 0.3 is 17.9 Å². The van der Waals surface area contributed by atoms with Gasteiger partial charge in [0.05, 0.1) is 0 Å². The molecule has 0 spiro atoms. The van der Waals surface area contributed by atoms with Gasteiger partial charge in [0.15, 0.2) is 6.10 Å². The van der Waals surface area contributed by atoms with Crippen LogP contribution in [0.4, 0.5) is 0 Å². The van der Waals surface area contributed by atoms with Crippen LogP contribution in [0.1, 0.15) is 284 Å². The van der Waals surface area contributed by atoms with Gasteiger partial charge in [-0.25, -0.2) is 0 Å². The molecule has 0 amide bonds. The summed E-state index contributed by atoms with van der Waals surface area (Å²) < 4.78 is 16.8. The highest BCUT2D eigenvalue weighted by molar-refractivity contribution is 5.71. The first kappa shape index (κ1) is 61.4. The number of carbonyl (C=O) groups excluding carboxylic acids is 3. The van der Waals surface area contributed by atoms with Crippen molar-refractivity contribution in [2.45, 2.75) is 290 Å². The molecule has 0 aliphatic carbocycles. The van der Waals surface area contributed by atoms with E-state index in [1.54, 1.807) is 0 Å². The Balaban J connectivity index is 4.38. The van der Waals surface area contributed by atoms with Crippen molar-refractivity contribution in [1.82, 2.24) is 0 Å². The third-order valence-electron chi connectivity index (χ3n) is 12.1. The molecular formula is C58H104O6. The van der Waals surface area contributed by atoms with Gasteiger partial charge in [0.2, 0.25) is 0 Å². The van der Waals surface area contributed by atoms with Crippen LogP contribution in [0.2, 0.25) is 0 Å². The van der Waals surface area contributed by atoms with Gasteiger partial charge in [-0.15, -0.1) is 0 Å². The summed E-state index contributed by atoms with van der Waals surface area (Å²) >= 11 is 0. The summed E-state index contributed by atoms with van der Waals surface area (Å²) in [5, 5.41) is 0. The fourth-order valence-corrected chi connectivity index (χ4v) is 7.96. The molecule has 0 aliphatic rings. The second-order valence-corrected chi connectivity index (χ2v) is 18.5. The lowest BCUT2D eigenvalue weighted by molar-refractivity contribution is -0.167. The summed E-state index contributed by atoms with van der Waals surface area (Å²) in [6, 6.07) is 0. The van der Waals surface area contributed by atoms with Gasteiger partial charge in [-0.05, 0) is 57.8 Å². The summed E-state index contributed by atoms with van der Waals surface area (Å²) in [5.41, 5.74) is 0. The summed E-state index contributed by atoms with van der Waals surface area (Å²) in [4.78, 5) is 38.0. The van der Waals surface area contributed by atoms with E-state index in [1.165, 1.54) is 161 Å². The fraction of sp³-hybridized carbons (Fsp3) is 0.810. The Morgan fingerprint density at radius 3 is 0.953 bits per heavy atom. The van der Waals surface area contributed by atoms with Crippen LogP contribution in [0.25, 0.3) is 0 Å². The number of carbonyl (C=O) groups is 3. The maximum atomic E-state index is 12.8. The molecule has 6 nitrogen and oxygen atoms in total. The van der Waals surface area contributed by atoms with Crippen LogP contribution in [0.15, 0.2) is 48.6 Å². The molecule has 0 aromatic rings. The minimum absolute atomic E-state index is 0.0857. The predicted octanol–water partition coefficient (Wildman–Crippen LogP) is 18.3. The molecule has 0 aromatic carbocycles. The van der Waals surface area contributed by atoms with Gasteiger partial charge in [-0.2, -0.15) is 0 Å². The van der Waals surface area contributed by atoms with E-state index in [9.17, 15) is 14.4 Å². The average molecular weight is 897 g/mol. The van der Waals surface area contributed by atoms with Crippen molar-refractivity contribution >= 4 is 17.9 Å². The largest absolute Gasteiger partial charge is 0.462 e. The second kappa shape index (κ2) is 53.0. The van der Waals surface area contributed by atoms with E-state index in [1.807, 2.05) is 0 Å². The van der Waals surface area contributed by atoms with Crippen LogP contribution in [0.5, 0.6) is 0 Å². The number of hydrogen-bond donors (Lipinski definition) is 0. The highest BCUT2D eigenvalue weighted by Gasteiger charge is 2.19. The van der Waals surface area contributed by atoms with Gasteiger partial charge in [-0.3, -0.25) is 14.4 Å². The standard InChI is InChI=1S/C58H104O6/c1-4-7-10-13-16-19-22-25-27-28-29-31-33-36-39-42-45-48-51-57(60)63-54-55(53-62-56(59)50-47-44-41-38-35-32-24-21-18-15-12-9-6-3)64-58(61)52-49-46-43-40-37-34-30-26-23-20-17-14-11-8-5-2/h8,11,17,20,26,30,37,40,55H,4-7,9-10,12-16,18-19,21-25,27-29,31-36,38-39,41-54H2,1-3H3/b11-8-,20-17-,30-26-,40-37-. The molecule has 0 saturated carbocycles. The van der Waals surface area contributed by atoms with Crippen molar-refractivity contribution in [2.75, 3.05) is 13.2 Å². The van der Waals surface area contributed by atoms with Gasteiger partial charge in [0.25, 0.3) is 0 Å². The first-order valence-corrected chi connectivity index (χ1v) is 27.6. The smallest absolute Gasteiger partial charge is 0.306 e. The lowest BCUT2D eigenvalue weighted by atomic mass is 10.0. The Kier molecular flexibility index (Phi) is 50.8. The molecular weight excluding hydrogens is 793 g/mol. The first-order chi connectivity index (χ1) is 31.5. The molecule has 0 radical (unpaired) electrons. The number of allylic oxidation sites excluding steroid dienone is 8. The molecule has 0 saturated heterocycles. The van der Waals surface area contributed by atoms with E-state index in [2.05, 4.69) is 69.4 Å². The molecule has 64 heavy (non-hydrogen) atoms. The van der Waals surface area contributed by atoms with Crippen LogP contribution in [0.3, 0.4) is 0 Å². The summed E-state index contributed by atoms with van der Waals surface area (Å²) in [6.45, 7) is 6.52. The SMILES string of the molecule is CC/C=C\C/C=C\C/C=C\C/C=C\CCCCC(=O)OC(COC(=O)CCCCCCCCCCCCCCC)COC(=O)CCCCCCCCCCCCCCCCCCCC. The summed E-state index contributed by atoms with van der Waals surface area (Å²) in [7, 11) is 0. The molecule has 0 aromatic heterocycles. The van der Waals surface area contributed by atoms with E-state index in [0.717, 1.165) is 77.0 Å². The van der Waals surface area contributed by atoms with Crippen LogP contribution < -0.4 is 0 Å². The number of rotatable bonds is 50. The molecule has 0 heterocycles. The quantitative estimate of drug-likeness (QED) is 0.0262. The van der Waals surface area contributed by atoms with Gasteiger partial charge in [0, 0.05) is 19.3 Å². The molecule has 1 unspecified atom stereocenters. The Morgan fingerprint density at radius 2 is 0.609 bits per heavy atom. The zero-order valence-corrected chi connectivity index (χ0v) is 42.6. The topological polar surface area (TPSA) is 78.9 Å². The molecule has 6 heteroatoms. The lowest BCUT2D eigenvalue weighted by Gasteiger charge is -2.18. The van der Waals surface area contributed by atoms with Gasteiger partial charge < -0.3 is 14.2 Å². The molecule has 0 rings (SSSR count). The van der Waals surface area contributed by atoms with Crippen LogP contribution >= 0.6 is 0 Å². The molecule has 0 bridgehead atoms. The number of ether oxygens (including phenoxy) is 3. The monoisotopic (exact) mass is 897 g/mol. The summed E-state index contributed by atoms with van der Waals surface area (Å²) in [5.74, 6) is -0.914. The first-order valence-electron chi connectivity index (χ1n) is 27.6. The zero-order valence-electron chi connectivity index (χ0n) is 42.6. The van der Waals surface area contributed by atoms with Crippen molar-refractivity contribution in [2.24, 2.45) is 0 Å². The highest BCUT2D eigenvalue weighted by Crippen LogP contribution is 2.16. The van der Waals surface area contributed by atoms with Gasteiger partial charge in [-0.1, -0.05) is 256 Å². The third kappa shape index (κ3) is 50.4. The molecule has 0 N–H and O–H groups in total. The van der Waals surface area contributed by atoms with Crippen LogP contribution in [0, 0.1) is 0 Å². The lowest BCUT2D eigenvalue weighted by Crippen LogP contribution is -2.30. The van der Waals surface area contributed by atoms with E-state index >= 15 is 0 Å². The Morgan fingerprint density at radius 1 is 0.328 bits per heavy atom. The van der Waals surface area contributed by atoms with E-state index < -0.39 is 6.10 Å². The van der Waals surface area contributed by atoms with Crippen molar-refractivity contribution in [3.8, 4) is 0 Å². The maximum Gasteiger partial charge on any atom is 0.306 e. The minimum Gasteiger partial charge on any atom is -0.462 e. The Labute approximate surface area is 397 Å². The summed E-state index contributed by atoms with van der Waals surface area (Å²) in [6.07, 6.45) is 63.9. The Bertz CT molecular complexity index is 1120. The minimum atomic E-state index is -0.790. The molecule has 0 aliphatic heterocycles. The molecule has 0 fully saturated rings. The molecule has 1 atom stereocenters. The highest BCUT2D eigenvalue weighted by atomic mass is 16.6. The fourth-order valence-electron chi connectivity index (χ4n) is 7.96. The van der Waals surface area contributed by atoms with Crippen LogP contribution in [-0.2, 0) is 28.6 Å². The number of esters is 3. The Hall–Kier alpha value is -2.63. The number of hydrogen-bond acceptors (Lipinski definition) is 6. The van der Waals surface area contributed by atoms with Crippen LogP contribution in [-0.4, -0.2) is 37.2 Å². The maximum absolute atomic E-state index is 12.8. The van der Waals surface area contributed by atoms with Gasteiger partial charge in [0.1, 0.15) is 13.2 Å². The van der Waals surface area contributed by atoms with Crippen molar-refractivity contribution in [1.29, 1.82) is 0 Å². The normalized spacial score (nSPS) is 12.4. The van der Waals surface area contributed by atoms with E-state index in [-0.39, 0.29) is 37.5 Å². The molecule has 372 valence electrons.